The zero-order valence-corrected chi connectivity index (χ0v) is 8.41. The molecule has 0 unspecified atom stereocenters. The van der Waals surface area contributed by atoms with Gasteiger partial charge in [-0.25, -0.2) is 8.78 Å². The number of aromatic nitrogens is 1. The molecule has 8 heteroatoms. The second kappa shape index (κ2) is 4.81. The van der Waals surface area contributed by atoms with Gasteiger partial charge < -0.3 is 0 Å². The van der Waals surface area contributed by atoms with E-state index in [9.17, 15) is 18.9 Å². The van der Waals surface area contributed by atoms with Crippen molar-refractivity contribution in [3.8, 4) is 6.07 Å². The Hall–Kier alpha value is -1.81. The van der Waals surface area contributed by atoms with Crippen molar-refractivity contribution >= 4 is 17.3 Å². The van der Waals surface area contributed by atoms with Crippen molar-refractivity contribution < 1.29 is 13.7 Å². The minimum atomic E-state index is -3.04. The fourth-order valence-corrected chi connectivity index (χ4v) is 1.37. The van der Waals surface area contributed by atoms with Crippen molar-refractivity contribution in [2.24, 2.45) is 0 Å². The minimum absolute atomic E-state index is 0.0831. The van der Waals surface area contributed by atoms with E-state index in [4.69, 9.17) is 16.9 Å². The van der Waals surface area contributed by atoms with E-state index in [0.29, 0.717) is 6.20 Å². The van der Waals surface area contributed by atoms with E-state index in [0.717, 1.165) is 0 Å². The van der Waals surface area contributed by atoms with Crippen LogP contribution in [0.25, 0.3) is 0 Å². The minimum Gasteiger partial charge on any atom is -0.258 e. The van der Waals surface area contributed by atoms with E-state index in [1.807, 2.05) is 0 Å². The van der Waals surface area contributed by atoms with Crippen molar-refractivity contribution in [3.63, 3.8) is 0 Å². The van der Waals surface area contributed by atoms with Crippen LogP contribution in [0.2, 0.25) is 5.02 Å². The van der Waals surface area contributed by atoms with Crippen LogP contribution in [0.3, 0.4) is 0 Å². The molecule has 5 nitrogen and oxygen atoms in total. The molecule has 0 aromatic carbocycles. The number of hydrogen-bond acceptors (Lipinski definition) is 4. The van der Waals surface area contributed by atoms with Crippen LogP contribution in [0.5, 0.6) is 0 Å². The summed E-state index contributed by atoms with van der Waals surface area (Å²) in [6, 6.07) is 1.68. The molecular weight excluding hydrogens is 244 g/mol. The summed E-state index contributed by atoms with van der Waals surface area (Å²) >= 11 is 5.54. The summed E-state index contributed by atoms with van der Waals surface area (Å²) in [5, 5.41) is 18.5. The molecule has 0 N–H and O–H groups in total. The summed E-state index contributed by atoms with van der Waals surface area (Å²) in [5.41, 5.74) is -1.83. The van der Waals surface area contributed by atoms with Crippen molar-refractivity contribution in [1.29, 1.82) is 5.26 Å². The van der Waals surface area contributed by atoms with Crippen LogP contribution in [-0.4, -0.2) is 9.91 Å². The molecule has 0 radical (unpaired) electrons. The first-order valence-electron chi connectivity index (χ1n) is 3.95. The Kier molecular flexibility index (Phi) is 3.68. The zero-order valence-electron chi connectivity index (χ0n) is 7.65. The Morgan fingerprint density at radius 1 is 1.69 bits per heavy atom. The van der Waals surface area contributed by atoms with Crippen LogP contribution < -0.4 is 0 Å². The monoisotopic (exact) mass is 247 g/mol. The maximum absolute atomic E-state index is 12.4. The van der Waals surface area contributed by atoms with Crippen LogP contribution >= 0.6 is 11.6 Å². The van der Waals surface area contributed by atoms with Gasteiger partial charge in [-0.15, -0.1) is 0 Å². The lowest BCUT2D eigenvalue weighted by atomic mass is 10.2. The van der Waals surface area contributed by atoms with Gasteiger partial charge in [-0.05, 0) is 0 Å². The SMILES string of the molecule is N#CCc1ncc(C(F)F)c([N+](=O)[O-])c1Cl. The third kappa shape index (κ3) is 2.23. The summed E-state index contributed by atoms with van der Waals surface area (Å²) in [6.45, 7) is 0. The predicted octanol–water partition coefficient (Wildman–Crippen LogP) is 2.65. The Morgan fingerprint density at radius 2 is 2.31 bits per heavy atom. The van der Waals surface area contributed by atoms with E-state index < -0.39 is 27.6 Å². The van der Waals surface area contributed by atoms with E-state index >= 15 is 0 Å². The largest absolute Gasteiger partial charge is 0.300 e. The molecule has 1 heterocycles. The van der Waals surface area contributed by atoms with E-state index in [1.165, 1.54) is 0 Å². The Bertz CT molecular complexity index is 473. The summed E-state index contributed by atoms with van der Waals surface area (Å²) < 4.78 is 24.8. The average molecular weight is 248 g/mol. The standard InChI is InChI=1S/C8H4ClF2N3O2/c9-6-5(1-2-12)13-3-4(8(10)11)7(6)14(15)16/h3,8H,1H2. The van der Waals surface area contributed by atoms with Gasteiger partial charge in [0.25, 0.3) is 12.1 Å². The molecule has 1 rings (SSSR count). The normalized spacial score (nSPS) is 10.2. The fraction of sp³-hybridized carbons (Fsp3) is 0.250. The maximum atomic E-state index is 12.4. The van der Waals surface area contributed by atoms with Crippen LogP contribution in [0.15, 0.2) is 6.20 Å². The summed E-state index contributed by atoms with van der Waals surface area (Å²) in [7, 11) is 0. The van der Waals surface area contributed by atoms with Gasteiger partial charge in [-0.3, -0.25) is 15.1 Å². The summed E-state index contributed by atoms with van der Waals surface area (Å²) in [4.78, 5) is 13.1. The molecule has 0 saturated carbocycles. The Morgan fingerprint density at radius 3 is 2.75 bits per heavy atom. The summed E-state index contributed by atoms with van der Waals surface area (Å²) in [6.07, 6.45) is -2.65. The summed E-state index contributed by atoms with van der Waals surface area (Å²) in [5.74, 6) is 0. The first-order chi connectivity index (χ1) is 7.49. The topological polar surface area (TPSA) is 79.8 Å². The fourth-order valence-electron chi connectivity index (χ4n) is 1.07. The first-order valence-corrected chi connectivity index (χ1v) is 4.33. The van der Waals surface area contributed by atoms with Gasteiger partial charge in [-0.1, -0.05) is 11.6 Å². The second-order valence-electron chi connectivity index (χ2n) is 2.72. The highest BCUT2D eigenvalue weighted by Crippen LogP contribution is 2.35. The average Bonchev–Trinajstić information content (AvgIpc) is 2.20. The highest BCUT2D eigenvalue weighted by Gasteiger charge is 2.27. The van der Waals surface area contributed by atoms with Gasteiger partial charge in [0.1, 0.15) is 10.6 Å². The number of nitriles is 1. The molecular formula is C8H4ClF2N3O2. The molecule has 0 spiro atoms. The van der Waals surface area contributed by atoms with Crippen molar-refractivity contribution in [3.05, 3.63) is 32.6 Å². The lowest BCUT2D eigenvalue weighted by Gasteiger charge is -2.05. The first kappa shape index (κ1) is 12.3. The van der Waals surface area contributed by atoms with Crippen LogP contribution in [0.1, 0.15) is 17.7 Å². The number of hydrogen-bond donors (Lipinski definition) is 0. The molecule has 1 aromatic rings. The van der Waals surface area contributed by atoms with Gasteiger partial charge in [0.15, 0.2) is 0 Å². The Labute approximate surface area is 93.4 Å². The van der Waals surface area contributed by atoms with E-state index in [1.54, 1.807) is 6.07 Å². The van der Waals surface area contributed by atoms with Gasteiger partial charge >= 0.3 is 0 Å². The Balaban J connectivity index is 3.43. The van der Waals surface area contributed by atoms with Gasteiger partial charge in [-0.2, -0.15) is 5.26 Å². The highest BCUT2D eigenvalue weighted by molar-refractivity contribution is 6.33. The van der Waals surface area contributed by atoms with Crippen molar-refractivity contribution in [2.45, 2.75) is 12.8 Å². The number of nitrogens with zero attached hydrogens (tertiary/aromatic N) is 3. The molecule has 0 aliphatic carbocycles. The molecule has 0 aliphatic heterocycles. The lowest BCUT2D eigenvalue weighted by molar-refractivity contribution is -0.386. The molecule has 0 fully saturated rings. The maximum Gasteiger partial charge on any atom is 0.300 e. The third-order valence-electron chi connectivity index (χ3n) is 1.76. The number of pyridine rings is 1. The highest BCUT2D eigenvalue weighted by atomic mass is 35.5. The van der Waals surface area contributed by atoms with Crippen LogP contribution in [0.4, 0.5) is 14.5 Å². The quantitative estimate of drug-likeness (QED) is 0.607. The van der Waals surface area contributed by atoms with Crippen LogP contribution in [0, 0.1) is 21.4 Å². The van der Waals surface area contributed by atoms with Gasteiger partial charge in [0, 0.05) is 6.20 Å². The van der Waals surface area contributed by atoms with E-state index in [-0.39, 0.29) is 12.1 Å². The molecule has 0 atom stereocenters. The smallest absolute Gasteiger partial charge is 0.258 e. The molecule has 1 aromatic heterocycles. The molecule has 0 amide bonds. The van der Waals surface area contributed by atoms with Crippen molar-refractivity contribution in [2.75, 3.05) is 0 Å². The molecule has 0 bridgehead atoms. The molecule has 0 saturated heterocycles. The molecule has 84 valence electrons. The molecule has 0 aliphatic rings. The van der Waals surface area contributed by atoms with Gasteiger partial charge in [0.05, 0.1) is 23.1 Å². The number of halogens is 3. The van der Waals surface area contributed by atoms with Crippen molar-refractivity contribution in [1.82, 2.24) is 4.98 Å². The number of alkyl halides is 2. The number of rotatable bonds is 3. The predicted molar refractivity (Wildman–Crippen MR) is 50.2 cm³/mol. The lowest BCUT2D eigenvalue weighted by Crippen LogP contribution is -2.02. The second-order valence-corrected chi connectivity index (χ2v) is 3.09. The van der Waals surface area contributed by atoms with Crippen LogP contribution in [-0.2, 0) is 6.42 Å². The van der Waals surface area contributed by atoms with E-state index in [2.05, 4.69) is 4.98 Å². The zero-order chi connectivity index (χ0) is 12.3. The third-order valence-corrected chi connectivity index (χ3v) is 2.16. The number of nitro groups is 1. The molecule has 16 heavy (non-hydrogen) atoms. The van der Waals surface area contributed by atoms with Gasteiger partial charge in [0.2, 0.25) is 0 Å².